The second kappa shape index (κ2) is 6.78. The second-order valence-corrected chi connectivity index (χ2v) is 5.14. The van der Waals surface area contributed by atoms with Gasteiger partial charge >= 0.3 is 0 Å². The lowest BCUT2D eigenvalue weighted by molar-refractivity contribution is 0.0398. The number of nitrogens with zero attached hydrogens (tertiary/aromatic N) is 2. The van der Waals surface area contributed by atoms with Crippen LogP contribution in [0.25, 0.3) is 0 Å². The summed E-state index contributed by atoms with van der Waals surface area (Å²) in [6.45, 7) is 5.19. The summed E-state index contributed by atoms with van der Waals surface area (Å²) < 4.78 is 5.28. The fourth-order valence-electron chi connectivity index (χ4n) is 1.73. The predicted octanol–water partition coefficient (Wildman–Crippen LogP) is 2.79. The molecule has 0 spiro atoms. The van der Waals surface area contributed by atoms with Crippen molar-refractivity contribution in [3.8, 4) is 0 Å². The molecule has 0 radical (unpaired) electrons. The molecule has 0 unspecified atom stereocenters. The Morgan fingerprint density at radius 1 is 1.22 bits per heavy atom. The van der Waals surface area contributed by atoms with Gasteiger partial charge in [0.1, 0.15) is 11.0 Å². The molecule has 2 rings (SSSR count). The molecule has 1 saturated heterocycles. The van der Waals surface area contributed by atoms with Gasteiger partial charge in [-0.15, -0.1) is 0 Å². The Bertz CT molecular complexity index is 411. The van der Waals surface area contributed by atoms with Crippen LogP contribution in [0, 0.1) is 0 Å². The topological polar surface area (TPSA) is 37.4 Å². The number of morpholine rings is 1. The number of ether oxygens (including phenoxy) is 1. The molecule has 100 valence electrons. The number of aromatic nitrogens is 1. The van der Waals surface area contributed by atoms with Crippen LogP contribution >= 0.6 is 34.8 Å². The number of nitrogens with one attached hydrogen (secondary N) is 1. The second-order valence-electron chi connectivity index (χ2n) is 3.97. The van der Waals surface area contributed by atoms with E-state index in [1.165, 1.54) is 0 Å². The molecule has 0 bridgehead atoms. The van der Waals surface area contributed by atoms with Crippen LogP contribution in [0.2, 0.25) is 15.2 Å². The molecule has 1 aliphatic heterocycles. The van der Waals surface area contributed by atoms with Crippen molar-refractivity contribution in [3.05, 3.63) is 21.3 Å². The van der Waals surface area contributed by atoms with E-state index < -0.39 is 0 Å². The van der Waals surface area contributed by atoms with E-state index in [2.05, 4.69) is 15.2 Å². The van der Waals surface area contributed by atoms with E-state index in [-0.39, 0.29) is 5.15 Å². The zero-order valence-corrected chi connectivity index (χ0v) is 12.0. The van der Waals surface area contributed by atoms with Gasteiger partial charge < -0.3 is 10.1 Å². The van der Waals surface area contributed by atoms with Crippen molar-refractivity contribution in [2.45, 2.75) is 0 Å². The first-order valence-corrected chi connectivity index (χ1v) is 6.85. The normalized spacial score (nSPS) is 16.8. The molecular formula is C11H14Cl3N3O. The largest absolute Gasteiger partial charge is 0.379 e. The molecule has 0 aromatic carbocycles. The first-order chi connectivity index (χ1) is 8.66. The maximum atomic E-state index is 6.02. The van der Waals surface area contributed by atoms with Crippen LogP contribution < -0.4 is 5.32 Å². The zero-order valence-electron chi connectivity index (χ0n) is 9.76. The van der Waals surface area contributed by atoms with Crippen LogP contribution in [-0.2, 0) is 4.74 Å². The Balaban J connectivity index is 1.84. The molecule has 4 nitrogen and oxygen atoms in total. The van der Waals surface area contributed by atoms with E-state index in [0.717, 1.165) is 39.4 Å². The highest BCUT2D eigenvalue weighted by atomic mass is 35.5. The summed E-state index contributed by atoms with van der Waals surface area (Å²) in [4.78, 5) is 6.42. The fraction of sp³-hybridized carbons (Fsp3) is 0.545. The quantitative estimate of drug-likeness (QED) is 0.868. The van der Waals surface area contributed by atoms with Gasteiger partial charge in [-0.3, -0.25) is 4.90 Å². The van der Waals surface area contributed by atoms with E-state index in [0.29, 0.717) is 15.9 Å². The standard InChI is InChI=1S/C11H14Cl3N3O/c12-8-7-9(13)11(16-10(8)14)15-1-2-17-3-5-18-6-4-17/h7H,1-6H2,(H,15,16). The molecule has 1 aromatic heterocycles. The minimum atomic E-state index is 0.259. The van der Waals surface area contributed by atoms with Crippen molar-refractivity contribution in [1.29, 1.82) is 0 Å². The number of hydrogen-bond acceptors (Lipinski definition) is 4. The summed E-state index contributed by atoms with van der Waals surface area (Å²) >= 11 is 17.7. The third-order valence-electron chi connectivity index (χ3n) is 2.71. The lowest BCUT2D eigenvalue weighted by Crippen LogP contribution is -2.39. The van der Waals surface area contributed by atoms with Crippen LogP contribution in [0.3, 0.4) is 0 Å². The monoisotopic (exact) mass is 309 g/mol. The van der Waals surface area contributed by atoms with Crippen molar-refractivity contribution in [1.82, 2.24) is 9.88 Å². The molecule has 1 aromatic rings. The van der Waals surface area contributed by atoms with Gasteiger partial charge in [0.2, 0.25) is 0 Å². The van der Waals surface area contributed by atoms with Crippen LogP contribution in [-0.4, -0.2) is 49.3 Å². The summed E-state index contributed by atoms with van der Waals surface area (Å²) in [5.41, 5.74) is 0. The van der Waals surface area contributed by atoms with Gasteiger partial charge in [-0.1, -0.05) is 34.8 Å². The summed E-state index contributed by atoms with van der Waals surface area (Å²) in [7, 11) is 0. The minimum Gasteiger partial charge on any atom is -0.379 e. The Hall–Kier alpha value is -0.260. The Morgan fingerprint density at radius 2 is 1.94 bits per heavy atom. The van der Waals surface area contributed by atoms with E-state index in [1.807, 2.05) is 0 Å². The fourth-order valence-corrected chi connectivity index (χ4v) is 2.29. The Kier molecular flexibility index (Phi) is 5.33. The summed E-state index contributed by atoms with van der Waals surface area (Å²) in [5.74, 6) is 0.569. The summed E-state index contributed by atoms with van der Waals surface area (Å²) in [6.07, 6.45) is 0. The molecular weight excluding hydrogens is 296 g/mol. The highest BCUT2D eigenvalue weighted by Gasteiger charge is 2.11. The van der Waals surface area contributed by atoms with E-state index >= 15 is 0 Å². The van der Waals surface area contributed by atoms with Gasteiger partial charge in [-0.25, -0.2) is 4.98 Å². The van der Waals surface area contributed by atoms with Gasteiger partial charge in [0, 0.05) is 26.2 Å². The Labute approximate surface area is 121 Å². The molecule has 0 saturated carbocycles. The average Bonchev–Trinajstić information content (AvgIpc) is 2.37. The SMILES string of the molecule is Clc1cc(Cl)c(NCCN2CCOCC2)nc1Cl. The van der Waals surface area contributed by atoms with Crippen molar-refractivity contribution in [2.75, 3.05) is 44.7 Å². The molecule has 1 fully saturated rings. The lowest BCUT2D eigenvalue weighted by atomic mass is 10.4. The van der Waals surface area contributed by atoms with Gasteiger partial charge in [0.25, 0.3) is 0 Å². The third kappa shape index (κ3) is 3.87. The summed E-state index contributed by atoms with van der Waals surface area (Å²) in [6, 6.07) is 1.59. The maximum absolute atomic E-state index is 6.02. The maximum Gasteiger partial charge on any atom is 0.150 e. The molecule has 1 N–H and O–H groups in total. The smallest absolute Gasteiger partial charge is 0.150 e. The van der Waals surface area contributed by atoms with E-state index in [1.54, 1.807) is 6.07 Å². The average molecular weight is 311 g/mol. The number of rotatable bonds is 4. The van der Waals surface area contributed by atoms with Gasteiger partial charge in [-0.2, -0.15) is 0 Å². The molecule has 7 heteroatoms. The van der Waals surface area contributed by atoms with Crippen molar-refractivity contribution < 1.29 is 4.74 Å². The van der Waals surface area contributed by atoms with Crippen LogP contribution in [0.5, 0.6) is 0 Å². The lowest BCUT2D eigenvalue weighted by Gasteiger charge is -2.26. The van der Waals surface area contributed by atoms with Crippen LogP contribution in [0.4, 0.5) is 5.82 Å². The summed E-state index contributed by atoms with van der Waals surface area (Å²) in [5, 5.41) is 4.26. The van der Waals surface area contributed by atoms with Crippen molar-refractivity contribution in [2.24, 2.45) is 0 Å². The highest BCUT2D eigenvalue weighted by Crippen LogP contribution is 2.28. The molecule has 1 aliphatic rings. The molecule has 0 atom stereocenters. The molecule has 0 aliphatic carbocycles. The third-order valence-corrected chi connectivity index (χ3v) is 3.67. The predicted molar refractivity (Wildman–Crippen MR) is 75.0 cm³/mol. The number of pyridine rings is 1. The highest BCUT2D eigenvalue weighted by molar-refractivity contribution is 6.42. The van der Waals surface area contributed by atoms with E-state index in [9.17, 15) is 0 Å². The zero-order chi connectivity index (χ0) is 13.0. The van der Waals surface area contributed by atoms with Gasteiger partial charge in [-0.05, 0) is 6.07 Å². The molecule has 2 heterocycles. The Morgan fingerprint density at radius 3 is 2.67 bits per heavy atom. The number of anilines is 1. The first kappa shape index (κ1) is 14.2. The molecule has 0 amide bonds. The van der Waals surface area contributed by atoms with Crippen LogP contribution in [0.1, 0.15) is 0 Å². The minimum absolute atomic E-state index is 0.259. The van der Waals surface area contributed by atoms with Crippen molar-refractivity contribution in [3.63, 3.8) is 0 Å². The number of hydrogen-bond donors (Lipinski definition) is 1. The van der Waals surface area contributed by atoms with E-state index in [4.69, 9.17) is 39.5 Å². The number of halogens is 3. The van der Waals surface area contributed by atoms with Gasteiger partial charge in [0.15, 0.2) is 0 Å². The van der Waals surface area contributed by atoms with Crippen molar-refractivity contribution >= 4 is 40.6 Å². The van der Waals surface area contributed by atoms with Crippen LogP contribution in [0.15, 0.2) is 6.07 Å². The van der Waals surface area contributed by atoms with Gasteiger partial charge in [0.05, 0.1) is 23.3 Å². The first-order valence-electron chi connectivity index (χ1n) is 5.72. The molecule has 18 heavy (non-hydrogen) atoms.